The van der Waals surface area contributed by atoms with Gasteiger partial charge < -0.3 is 9.84 Å². The molecule has 0 amide bonds. The second-order valence-corrected chi connectivity index (χ2v) is 2.37. The number of benzene rings is 1. The zero-order chi connectivity index (χ0) is 9.68. The Kier molecular flexibility index (Phi) is 3.40. The Labute approximate surface area is 80.5 Å². The van der Waals surface area contributed by atoms with E-state index in [2.05, 4.69) is 9.55 Å². The zero-order valence-electron chi connectivity index (χ0n) is 6.90. The Morgan fingerprint density at radius 2 is 2.31 bits per heavy atom. The molecule has 0 spiro atoms. The van der Waals surface area contributed by atoms with Crippen LogP contribution in [0.25, 0.3) is 0 Å². The lowest BCUT2D eigenvalue weighted by molar-refractivity contribution is 0.383. The van der Waals surface area contributed by atoms with Gasteiger partial charge in [-0.1, -0.05) is 5.16 Å². The molecule has 0 heterocycles. The first-order chi connectivity index (χ1) is 6.27. The van der Waals surface area contributed by atoms with Crippen molar-refractivity contribution in [2.75, 3.05) is 7.11 Å². The van der Waals surface area contributed by atoms with Crippen LogP contribution in [0.4, 0.5) is 0 Å². The minimum atomic E-state index is 0.0817. The van der Waals surface area contributed by atoms with Crippen molar-refractivity contribution in [2.24, 2.45) is 5.16 Å². The Morgan fingerprint density at radius 3 is 2.92 bits per heavy atom. The molecule has 0 atom stereocenters. The predicted octanol–water partition coefficient (Wildman–Crippen LogP) is 1.91. The minimum absolute atomic E-state index is 0.0817. The standard InChI is InChI=1S/C8H8ClNO3/c1-12-7-2-3-8(11)6(4-7)5-10-13-9/h2-5,11H,1H3. The number of phenols is 1. The summed E-state index contributed by atoms with van der Waals surface area (Å²) in [5.41, 5.74) is 0.472. The summed E-state index contributed by atoms with van der Waals surface area (Å²) >= 11 is 4.87. The SMILES string of the molecule is COc1ccc(O)c(C=NOCl)c1. The summed E-state index contributed by atoms with van der Waals surface area (Å²) in [7, 11) is 1.53. The van der Waals surface area contributed by atoms with Crippen LogP contribution in [0.1, 0.15) is 5.56 Å². The number of rotatable bonds is 3. The van der Waals surface area contributed by atoms with E-state index < -0.39 is 0 Å². The van der Waals surface area contributed by atoms with Crippen molar-refractivity contribution in [1.29, 1.82) is 0 Å². The number of nitrogens with zero attached hydrogens (tertiary/aromatic N) is 1. The summed E-state index contributed by atoms with van der Waals surface area (Å²) in [5.74, 6) is 0.701. The molecule has 1 aromatic rings. The molecule has 0 fully saturated rings. The maximum absolute atomic E-state index is 9.31. The maximum atomic E-state index is 9.31. The van der Waals surface area contributed by atoms with Gasteiger partial charge in [-0.2, -0.15) is 0 Å². The van der Waals surface area contributed by atoms with E-state index in [4.69, 9.17) is 16.6 Å². The average molecular weight is 202 g/mol. The molecule has 0 bridgehead atoms. The third-order valence-electron chi connectivity index (χ3n) is 1.47. The topological polar surface area (TPSA) is 51.0 Å². The molecule has 0 radical (unpaired) electrons. The van der Waals surface area contributed by atoms with Crippen molar-refractivity contribution in [2.45, 2.75) is 0 Å². The first-order valence-corrected chi connectivity index (χ1v) is 3.77. The molecular weight excluding hydrogens is 194 g/mol. The van der Waals surface area contributed by atoms with Crippen LogP contribution in [0, 0.1) is 0 Å². The average Bonchev–Trinajstić information content (AvgIpc) is 2.17. The van der Waals surface area contributed by atoms with E-state index in [1.807, 2.05) is 0 Å². The highest BCUT2D eigenvalue weighted by molar-refractivity contribution is 6.07. The number of aromatic hydroxyl groups is 1. The van der Waals surface area contributed by atoms with Gasteiger partial charge in [-0.05, 0) is 18.2 Å². The fourth-order valence-electron chi connectivity index (χ4n) is 0.840. The van der Waals surface area contributed by atoms with Crippen molar-refractivity contribution >= 4 is 18.1 Å². The molecular formula is C8H8ClNO3. The van der Waals surface area contributed by atoms with E-state index in [1.165, 1.54) is 19.4 Å². The van der Waals surface area contributed by atoms with E-state index in [0.717, 1.165) is 0 Å². The second-order valence-electron chi connectivity index (χ2n) is 2.23. The van der Waals surface area contributed by atoms with E-state index in [1.54, 1.807) is 12.1 Å². The van der Waals surface area contributed by atoms with E-state index >= 15 is 0 Å². The number of hydrogen-bond acceptors (Lipinski definition) is 4. The van der Waals surface area contributed by atoms with E-state index in [9.17, 15) is 5.11 Å². The summed E-state index contributed by atoms with van der Waals surface area (Å²) < 4.78 is 8.91. The zero-order valence-corrected chi connectivity index (χ0v) is 7.65. The van der Waals surface area contributed by atoms with Gasteiger partial charge in [0.2, 0.25) is 0 Å². The smallest absolute Gasteiger partial charge is 0.167 e. The number of methoxy groups -OCH3 is 1. The molecule has 0 aliphatic carbocycles. The number of phenolic OH excluding ortho intramolecular Hbond substituents is 1. The van der Waals surface area contributed by atoms with Crippen LogP contribution in [-0.4, -0.2) is 18.4 Å². The van der Waals surface area contributed by atoms with Crippen LogP contribution in [0.3, 0.4) is 0 Å². The third kappa shape index (κ3) is 2.52. The molecule has 1 N–H and O–H groups in total. The largest absolute Gasteiger partial charge is 0.507 e. The predicted molar refractivity (Wildman–Crippen MR) is 49.2 cm³/mol. The van der Waals surface area contributed by atoms with Crippen LogP contribution in [0.5, 0.6) is 11.5 Å². The lowest BCUT2D eigenvalue weighted by atomic mass is 10.2. The molecule has 0 saturated carbocycles. The molecule has 0 saturated heterocycles. The molecule has 4 nitrogen and oxygen atoms in total. The van der Waals surface area contributed by atoms with Crippen molar-refractivity contribution in [3.8, 4) is 11.5 Å². The molecule has 0 aromatic heterocycles. The fourth-order valence-corrected chi connectivity index (χ4v) is 0.880. The molecule has 70 valence electrons. The highest BCUT2D eigenvalue weighted by atomic mass is 35.5. The van der Waals surface area contributed by atoms with Crippen molar-refractivity contribution in [3.05, 3.63) is 23.8 Å². The summed E-state index contributed by atoms with van der Waals surface area (Å²) in [5, 5.41) is 12.6. The number of ether oxygens (including phenoxy) is 1. The van der Waals surface area contributed by atoms with Gasteiger partial charge in [0.25, 0.3) is 0 Å². The maximum Gasteiger partial charge on any atom is 0.167 e. The third-order valence-corrected chi connectivity index (χ3v) is 1.55. The first kappa shape index (κ1) is 9.67. The van der Waals surface area contributed by atoms with Crippen molar-refractivity contribution < 1.29 is 14.2 Å². The molecule has 1 rings (SSSR count). The summed E-state index contributed by atoms with van der Waals surface area (Å²) in [4.78, 5) is 0. The Morgan fingerprint density at radius 1 is 1.54 bits per heavy atom. The van der Waals surface area contributed by atoms with Crippen molar-refractivity contribution in [3.63, 3.8) is 0 Å². The summed E-state index contributed by atoms with van der Waals surface area (Å²) in [6.07, 6.45) is 1.28. The fraction of sp³-hybridized carbons (Fsp3) is 0.125. The minimum Gasteiger partial charge on any atom is -0.507 e. The van der Waals surface area contributed by atoms with Gasteiger partial charge in [-0.25, -0.2) is 0 Å². The number of halogens is 1. The van der Waals surface area contributed by atoms with Gasteiger partial charge in [0.1, 0.15) is 11.5 Å². The summed E-state index contributed by atoms with van der Waals surface area (Å²) in [6.45, 7) is 0. The van der Waals surface area contributed by atoms with Gasteiger partial charge >= 0.3 is 0 Å². The lowest BCUT2D eigenvalue weighted by Gasteiger charge is -2.01. The van der Waals surface area contributed by atoms with Gasteiger partial charge in [0, 0.05) is 5.56 Å². The van der Waals surface area contributed by atoms with Crippen LogP contribution < -0.4 is 4.74 Å². The van der Waals surface area contributed by atoms with Crippen LogP contribution in [-0.2, 0) is 4.39 Å². The van der Waals surface area contributed by atoms with Gasteiger partial charge in [0.15, 0.2) is 11.9 Å². The lowest BCUT2D eigenvalue weighted by Crippen LogP contribution is -1.87. The normalized spacial score (nSPS) is 10.3. The first-order valence-electron chi connectivity index (χ1n) is 3.46. The Hall–Kier alpha value is -1.42. The molecule has 13 heavy (non-hydrogen) atoms. The van der Waals surface area contributed by atoms with Crippen LogP contribution >= 0.6 is 11.9 Å². The highest BCUT2D eigenvalue weighted by Gasteiger charge is 2.00. The van der Waals surface area contributed by atoms with E-state index in [0.29, 0.717) is 11.3 Å². The number of oxime groups is 1. The second kappa shape index (κ2) is 4.57. The molecule has 0 unspecified atom stereocenters. The van der Waals surface area contributed by atoms with E-state index in [-0.39, 0.29) is 5.75 Å². The highest BCUT2D eigenvalue weighted by Crippen LogP contribution is 2.20. The van der Waals surface area contributed by atoms with Crippen LogP contribution in [0.15, 0.2) is 23.4 Å². The number of hydrogen-bond donors (Lipinski definition) is 1. The molecule has 5 heteroatoms. The van der Waals surface area contributed by atoms with Crippen molar-refractivity contribution in [1.82, 2.24) is 0 Å². The Bertz CT molecular complexity index is 314. The van der Waals surface area contributed by atoms with Gasteiger partial charge in [-0.3, -0.25) is 4.39 Å². The quantitative estimate of drug-likeness (QED) is 0.600. The Balaban J connectivity index is 2.97. The monoisotopic (exact) mass is 201 g/mol. The van der Waals surface area contributed by atoms with Crippen LogP contribution in [0.2, 0.25) is 0 Å². The van der Waals surface area contributed by atoms with Gasteiger partial charge in [-0.15, -0.1) is 0 Å². The molecule has 0 aliphatic heterocycles. The summed E-state index contributed by atoms with van der Waals surface area (Å²) in [6, 6.07) is 4.73. The molecule has 0 aliphatic rings. The molecule has 1 aromatic carbocycles. The van der Waals surface area contributed by atoms with Gasteiger partial charge in [0.05, 0.1) is 13.3 Å².